The normalized spacial score (nSPS) is 5.20. The van der Waals surface area contributed by atoms with Gasteiger partial charge in [-0.05, 0) is 6.58 Å². The van der Waals surface area contributed by atoms with Gasteiger partial charge in [0.25, 0.3) is 6.08 Å². The average Bonchev–Trinajstić information content (AvgIpc) is 0.811. The molecule has 0 bridgehead atoms. The van der Waals surface area contributed by atoms with Gasteiger partial charge in [0.15, 0.2) is 0 Å². The van der Waals surface area contributed by atoms with Crippen LogP contribution in [0.2, 0.25) is 0 Å². The molecule has 0 radical (unpaired) electrons. The average molecular weight is 84.0 g/mol. The van der Waals surface area contributed by atoms with E-state index < -0.39 is 6.08 Å². The van der Waals surface area contributed by atoms with Crippen molar-refractivity contribution in [3.05, 3.63) is 12.7 Å². The molecule has 0 fully saturated rings. The van der Waals surface area contributed by atoms with Gasteiger partial charge >= 0.3 is 0 Å². The molecule has 5 heavy (non-hydrogen) atoms. The van der Waals surface area contributed by atoms with E-state index in [4.69, 9.17) is 0 Å². The van der Waals surface area contributed by atoms with Crippen LogP contribution in [0.5, 0.6) is 0 Å². The lowest BCUT2D eigenvalue weighted by molar-refractivity contribution is 0.426. The zero-order chi connectivity index (χ0) is 3.58. The molecule has 0 aliphatic rings. The maximum atomic E-state index is 10.1. The molecular weight excluding hydrogens is 81.0 g/mol. The van der Waals surface area contributed by atoms with E-state index in [0.717, 1.165) is 0 Å². The first-order valence-corrected chi connectivity index (χ1v) is 0.732. The smallest absolute Gasteiger partial charge is 0.263 e. The second kappa shape index (κ2) is 3.53. The first-order chi connectivity index (χ1) is 1.73. The van der Waals surface area contributed by atoms with E-state index in [0.29, 0.717) is 0 Å². The summed E-state index contributed by atoms with van der Waals surface area (Å²) in [7, 11) is 0. The van der Waals surface area contributed by atoms with Crippen molar-refractivity contribution >= 4 is 0 Å². The molecule has 0 rings (SSSR count). The Morgan fingerprint density at radius 1 is 1.40 bits per heavy atom. The zero-order valence-corrected chi connectivity index (χ0v) is 2.37. The Labute approximate surface area is 27.5 Å². The number of hydrogen-bond acceptors (Lipinski definition) is 0. The van der Waals surface area contributed by atoms with Crippen molar-refractivity contribution in [3.8, 4) is 0 Å². The van der Waals surface area contributed by atoms with E-state index in [-0.39, 0.29) is 4.70 Å². The van der Waals surface area contributed by atoms with Crippen LogP contribution >= 0.6 is 0 Å². The number of rotatable bonds is 0. The summed E-state index contributed by atoms with van der Waals surface area (Å²) in [4.78, 5) is 0. The highest BCUT2D eigenvalue weighted by Crippen LogP contribution is 1.85. The quantitative estimate of drug-likeness (QED) is 0.417. The lowest BCUT2D eigenvalue weighted by Crippen LogP contribution is -1.33. The van der Waals surface area contributed by atoms with E-state index in [1.54, 1.807) is 0 Å². The summed E-state index contributed by atoms with van der Waals surface area (Å²) in [6.07, 6.45) is -1.83. The third kappa shape index (κ3) is 37.4. The van der Waals surface area contributed by atoms with Gasteiger partial charge < -0.3 is 0 Å². The Bertz CT molecular complexity index is 27.9. The van der Waals surface area contributed by atoms with Crippen molar-refractivity contribution in [2.24, 2.45) is 0 Å². The Morgan fingerprint density at radius 3 is 1.40 bits per heavy atom. The van der Waals surface area contributed by atoms with Crippen molar-refractivity contribution in [2.75, 3.05) is 0 Å². The SMILES string of the molecule is C=C(F)F.F. The molecule has 0 aliphatic heterocycles. The van der Waals surface area contributed by atoms with E-state index >= 15 is 0 Å². The summed E-state index contributed by atoms with van der Waals surface area (Å²) < 4.78 is 20.3. The molecule has 0 aromatic rings. The van der Waals surface area contributed by atoms with E-state index in [2.05, 4.69) is 6.58 Å². The van der Waals surface area contributed by atoms with Crippen molar-refractivity contribution in [2.45, 2.75) is 0 Å². The topological polar surface area (TPSA) is 0 Å². The Hall–Kier alpha value is -0.470. The molecule has 0 aromatic heterocycles. The Kier molecular flexibility index (Phi) is 6.23. The van der Waals surface area contributed by atoms with Crippen LogP contribution in [0.15, 0.2) is 12.7 Å². The van der Waals surface area contributed by atoms with Gasteiger partial charge in [0.2, 0.25) is 0 Å². The third-order valence-electron chi connectivity index (χ3n) is 0. The molecule has 0 unspecified atom stereocenters. The molecule has 0 aromatic carbocycles. The summed E-state index contributed by atoms with van der Waals surface area (Å²) in [5.74, 6) is 0. The summed E-state index contributed by atoms with van der Waals surface area (Å²) in [6.45, 7) is 2.22. The first kappa shape index (κ1) is 8.82. The lowest BCUT2D eigenvalue weighted by Gasteiger charge is -1.54. The van der Waals surface area contributed by atoms with Gasteiger partial charge in [0.05, 0.1) is 0 Å². The zero-order valence-electron chi connectivity index (χ0n) is 2.37. The van der Waals surface area contributed by atoms with E-state index in [1.807, 2.05) is 0 Å². The molecule has 3 heteroatoms. The van der Waals surface area contributed by atoms with Gasteiger partial charge in [-0.25, -0.2) is 0 Å². The Morgan fingerprint density at radius 2 is 1.40 bits per heavy atom. The number of halogens is 3. The fourth-order valence-electron chi connectivity index (χ4n) is 0. The van der Waals surface area contributed by atoms with E-state index in [1.165, 1.54) is 0 Å². The second-order valence-corrected chi connectivity index (χ2v) is 0.339. The van der Waals surface area contributed by atoms with Crippen LogP contribution in [0.25, 0.3) is 0 Å². The van der Waals surface area contributed by atoms with Crippen LogP contribution in [0.1, 0.15) is 0 Å². The predicted octanol–water partition coefficient (Wildman–Crippen LogP) is 1.55. The van der Waals surface area contributed by atoms with Crippen molar-refractivity contribution in [1.29, 1.82) is 0 Å². The van der Waals surface area contributed by atoms with Crippen molar-refractivity contribution in [3.63, 3.8) is 0 Å². The first-order valence-electron chi connectivity index (χ1n) is 0.732. The van der Waals surface area contributed by atoms with Crippen LogP contribution in [0.4, 0.5) is 13.5 Å². The van der Waals surface area contributed by atoms with Gasteiger partial charge in [-0.2, -0.15) is 8.78 Å². The minimum absolute atomic E-state index is 0. The molecule has 0 nitrogen and oxygen atoms in total. The molecular formula is C2H3F3. The largest absolute Gasteiger partial charge is 0.269 e. The van der Waals surface area contributed by atoms with Crippen LogP contribution in [-0.4, -0.2) is 0 Å². The highest BCUT2D eigenvalue weighted by molar-refractivity contribution is 4.57. The minimum Gasteiger partial charge on any atom is -0.269 e. The van der Waals surface area contributed by atoms with Crippen LogP contribution in [-0.2, 0) is 0 Å². The lowest BCUT2D eigenvalue weighted by atomic mass is 11.2. The highest BCUT2D eigenvalue weighted by Gasteiger charge is 1.65. The second-order valence-electron chi connectivity index (χ2n) is 0.339. The molecule has 32 valence electrons. The van der Waals surface area contributed by atoms with Crippen molar-refractivity contribution in [1.82, 2.24) is 0 Å². The summed E-state index contributed by atoms with van der Waals surface area (Å²) >= 11 is 0. The molecule has 0 saturated carbocycles. The molecule has 0 saturated heterocycles. The van der Waals surface area contributed by atoms with Gasteiger partial charge in [-0.3, -0.25) is 4.70 Å². The predicted molar refractivity (Wildman–Crippen MR) is 13.9 cm³/mol. The van der Waals surface area contributed by atoms with E-state index in [9.17, 15) is 8.78 Å². The molecule has 0 amide bonds. The fourth-order valence-corrected chi connectivity index (χ4v) is 0. The number of hydrogen-bond donors (Lipinski definition) is 0. The molecule has 0 atom stereocenters. The van der Waals surface area contributed by atoms with Crippen molar-refractivity contribution < 1.29 is 13.5 Å². The van der Waals surface area contributed by atoms with Crippen LogP contribution < -0.4 is 0 Å². The molecule has 0 heterocycles. The minimum atomic E-state index is -1.83. The third-order valence-corrected chi connectivity index (χ3v) is 0. The van der Waals surface area contributed by atoms with Crippen LogP contribution in [0, 0.1) is 0 Å². The van der Waals surface area contributed by atoms with Gasteiger partial charge in [-0.1, -0.05) is 0 Å². The monoisotopic (exact) mass is 84.0 g/mol. The maximum Gasteiger partial charge on any atom is 0.263 e. The summed E-state index contributed by atoms with van der Waals surface area (Å²) in [5, 5.41) is 0. The summed E-state index contributed by atoms with van der Waals surface area (Å²) in [6, 6.07) is 0. The highest BCUT2D eigenvalue weighted by atomic mass is 19.3. The standard InChI is InChI=1S/C2H2F2.FH/c1-2(3)4;/h1H2;1H. The van der Waals surface area contributed by atoms with Gasteiger partial charge in [0.1, 0.15) is 0 Å². The molecule has 0 N–H and O–H groups in total. The fraction of sp³-hybridized carbons (Fsp3) is 0. The van der Waals surface area contributed by atoms with Gasteiger partial charge in [-0.15, -0.1) is 0 Å². The van der Waals surface area contributed by atoms with Crippen LogP contribution in [0.3, 0.4) is 0 Å². The maximum absolute atomic E-state index is 10.1. The Balaban J connectivity index is 0. The molecule has 0 spiro atoms. The molecule has 0 aliphatic carbocycles. The summed E-state index contributed by atoms with van der Waals surface area (Å²) in [5.41, 5.74) is 0. The van der Waals surface area contributed by atoms with Gasteiger partial charge in [0, 0.05) is 0 Å².